The van der Waals surface area contributed by atoms with Gasteiger partial charge in [-0.05, 0) is 36.2 Å². The maximum absolute atomic E-state index is 12.1. The summed E-state index contributed by atoms with van der Waals surface area (Å²) < 4.78 is 23.8. The molecule has 0 aliphatic heterocycles. The minimum atomic E-state index is -3.70. The summed E-state index contributed by atoms with van der Waals surface area (Å²) in [5.74, 6) is 0.0952. The van der Waals surface area contributed by atoms with Crippen LogP contribution in [-0.2, 0) is 16.4 Å². The fourth-order valence-corrected chi connectivity index (χ4v) is 2.67. The fraction of sp³-hybridized carbons (Fsp3) is 0.133. The maximum atomic E-state index is 12.1. The van der Waals surface area contributed by atoms with Crippen LogP contribution < -0.4 is 10.5 Å². The molecule has 134 valence electrons. The zero-order valence-corrected chi connectivity index (χ0v) is 14.3. The molecule has 3 rings (SSSR count). The molecule has 10 nitrogen and oxygen atoms in total. The molecular weight excluding hydrogens is 358 g/mol. The second-order valence-corrected chi connectivity index (χ2v) is 6.87. The van der Waals surface area contributed by atoms with Crippen LogP contribution in [0, 0.1) is 0 Å². The van der Waals surface area contributed by atoms with Gasteiger partial charge in [-0.2, -0.15) is 5.10 Å². The van der Waals surface area contributed by atoms with Crippen LogP contribution in [0.25, 0.3) is 5.82 Å². The van der Waals surface area contributed by atoms with Gasteiger partial charge in [0.05, 0.1) is 4.90 Å². The van der Waals surface area contributed by atoms with Crippen molar-refractivity contribution in [2.75, 3.05) is 6.54 Å². The quantitative estimate of drug-likeness (QED) is 0.602. The first-order valence-corrected chi connectivity index (χ1v) is 9.07. The van der Waals surface area contributed by atoms with E-state index in [0.29, 0.717) is 18.8 Å². The lowest BCUT2D eigenvalue weighted by Crippen LogP contribution is -2.27. The summed E-state index contributed by atoms with van der Waals surface area (Å²) in [6, 6.07) is 9.32. The molecule has 0 saturated carbocycles. The molecule has 11 heteroatoms. The van der Waals surface area contributed by atoms with E-state index in [1.807, 2.05) is 0 Å². The van der Waals surface area contributed by atoms with Crippen molar-refractivity contribution in [3.63, 3.8) is 0 Å². The monoisotopic (exact) mass is 373 g/mol. The van der Waals surface area contributed by atoms with Crippen molar-refractivity contribution in [1.82, 2.24) is 30.3 Å². The van der Waals surface area contributed by atoms with Gasteiger partial charge in [-0.15, -0.1) is 10.2 Å². The number of hydrogen-bond acceptors (Lipinski definition) is 7. The number of primary sulfonamides is 1. The second-order valence-electron chi connectivity index (χ2n) is 5.31. The van der Waals surface area contributed by atoms with Gasteiger partial charge in [0.25, 0.3) is 5.91 Å². The summed E-state index contributed by atoms with van der Waals surface area (Å²) in [5.41, 5.74) is 1.05. The Hall–Kier alpha value is -3.18. The molecular formula is C15H15N7O3S. The molecule has 3 N–H and O–H groups in total. The predicted molar refractivity (Wildman–Crippen MR) is 90.8 cm³/mol. The molecule has 0 bridgehead atoms. The molecule has 0 saturated heterocycles. The van der Waals surface area contributed by atoms with E-state index >= 15 is 0 Å². The Morgan fingerprint density at radius 2 is 1.88 bits per heavy atom. The van der Waals surface area contributed by atoms with Crippen LogP contribution in [0.3, 0.4) is 0 Å². The Kier molecular flexibility index (Phi) is 5.00. The van der Waals surface area contributed by atoms with E-state index in [2.05, 4.69) is 25.6 Å². The van der Waals surface area contributed by atoms with E-state index in [4.69, 9.17) is 5.14 Å². The van der Waals surface area contributed by atoms with Crippen LogP contribution in [-0.4, -0.2) is 45.8 Å². The van der Waals surface area contributed by atoms with Crippen LogP contribution in [0.5, 0.6) is 0 Å². The molecule has 2 heterocycles. The zero-order valence-electron chi connectivity index (χ0n) is 13.5. The SMILES string of the molecule is NS(=O)(=O)c1ccc(CCNC(=O)c2ccc(-n3cncn3)nn2)cc1. The standard InChI is InChI=1S/C15H15N7O3S/c16-26(24,25)12-3-1-11(2-4-12)7-8-18-15(23)13-5-6-14(21-20-13)22-10-17-9-19-22/h1-6,9-10H,7-8H2,(H,18,23)(H2,16,24,25). The molecule has 0 fully saturated rings. The predicted octanol–water partition coefficient (Wildman–Crippen LogP) is -0.323. The van der Waals surface area contributed by atoms with Gasteiger partial charge < -0.3 is 5.32 Å². The van der Waals surface area contributed by atoms with Gasteiger partial charge in [0, 0.05) is 6.54 Å². The molecule has 0 spiro atoms. The van der Waals surface area contributed by atoms with Gasteiger partial charge in [0.2, 0.25) is 10.0 Å². The van der Waals surface area contributed by atoms with Gasteiger partial charge in [-0.25, -0.2) is 23.2 Å². The average Bonchev–Trinajstić information content (AvgIpc) is 3.16. The van der Waals surface area contributed by atoms with Gasteiger partial charge in [-0.1, -0.05) is 12.1 Å². The number of carbonyl (C=O) groups is 1. The Bertz CT molecular complexity index is 985. The van der Waals surface area contributed by atoms with Gasteiger partial charge in [0.1, 0.15) is 12.7 Å². The van der Waals surface area contributed by atoms with E-state index in [1.165, 1.54) is 29.5 Å². The first-order valence-electron chi connectivity index (χ1n) is 7.52. The number of sulfonamides is 1. The Morgan fingerprint density at radius 3 is 2.46 bits per heavy atom. The molecule has 2 aromatic heterocycles. The summed E-state index contributed by atoms with van der Waals surface area (Å²) in [6.07, 6.45) is 3.38. The van der Waals surface area contributed by atoms with Crippen LogP contribution in [0.15, 0.2) is 53.9 Å². The number of hydrogen-bond donors (Lipinski definition) is 2. The molecule has 26 heavy (non-hydrogen) atoms. The summed E-state index contributed by atoms with van der Waals surface area (Å²) in [7, 11) is -3.70. The molecule has 1 amide bonds. The van der Waals surface area contributed by atoms with E-state index < -0.39 is 10.0 Å². The third-order valence-electron chi connectivity index (χ3n) is 3.49. The minimum absolute atomic E-state index is 0.0491. The van der Waals surface area contributed by atoms with Crippen LogP contribution in [0.1, 0.15) is 16.1 Å². The first kappa shape index (κ1) is 17.6. The highest BCUT2D eigenvalue weighted by Gasteiger charge is 2.09. The Morgan fingerprint density at radius 1 is 1.12 bits per heavy atom. The van der Waals surface area contributed by atoms with E-state index in [-0.39, 0.29) is 16.5 Å². The summed E-state index contributed by atoms with van der Waals surface area (Å²) in [4.78, 5) is 15.9. The molecule has 3 aromatic rings. The highest BCUT2D eigenvalue weighted by molar-refractivity contribution is 7.89. The van der Waals surface area contributed by atoms with Crippen LogP contribution in [0.2, 0.25) is 0 Å². The smallest absolute Gasteiger partial charge is 0.271 e. The highest BCUT2D eigenvalue weighted by atomic mass is 32.2. The Balaban J connectivity index is 1.54. The minimum Gasteiger partial charge on any atom is -0.350 e. The number of benzene rings is 1. The normalized spacial score (nSPS) is 11.3. The molecule has 0 aliphatic rings. The lowest BCUT2D eigenvalue weighted by molar-refractivity contribution is 0.0948. The molecule has 0 unspecified atom stereocenters. The largest absolute Gasteiger partial charge is 0.350 e. The van der Waals surface area contributed by atoms with Gasteiger partial charge in [0.15, 0.2) is 11.5 Å². The number of aromatic nitrogens is 5. The number of carbonyl (C=O) groups excluding carboxylic acids is 1. The van der Waals surface area contributed by atoms with Crippen molar-refractivity contribution in [2.24, 2.45) is 5.14 Å². The van der Waals surface area contributed by atoms with Crippen molar-refractivity contribution in [2.45, 2.75) is 11.3 Å². The summed E-state index contributed by atoms with van der Waals surface area (Å²) in [6.45, 7) is 0.361. The first-order chi connectivity index (χ1) is 12.4. The van der Waals surface area contributed by atoms with E-state index in [9.17, 15) is 13.2 Å². The molecule has 0 radical (unpaired) electrons. The van der Waals surface area contributed by atoms with Crippen molar-refractivity contribution in [3.05, 3.63) is 60.3 Å². The van der Waals surface area contributed by atoms with Crippen LogP contribution in [0.4, 0.5) is 0 Å². The lowest BCUT2D eigenvalue weighted by atomic mass is 10.1. The second kappa shape index (κ2) is 7.37. The van der Waals surface area contributed by atoms with Crippen LogP contribution >= 0.6 is 0 Å². The Labute approximate surface area is 149 Å². The zero-order chi connectivity index (χ0) is 18.6. The summed E-state index contributed by atoms with van der Waals surface area (Å²) in [5, 5.41) is 19.5. The van der Waals surface area contributed by atoms with Gasteiger partial charge >= 0.3 is 0 Å². The van der Waals surface area contributed by atoms with Crippen molar-refractivity contribution >= 4 is 15.9 Å². The third kappa shape index (κ3) is 4.26. The number of nitrogens with two attached hydrogens (primary N) is 1. The fourth-order valence-electron chi connectivity index (χ4n) is 2.15. The van der Waals surface area contributed by atoms with Crippen molar-refractivity contribution in [3.8, 4) is 5.82 Å². The number of nitrogens with one attached hydrogen (secondary N) is 1. The average molecular weight is 373 g/mol. The van der Waals surface area contributed by atoms with Gasteiger partial charge in [-0.3, -0.25) is 4.79 Å². The number of amides is 1. The molecule has 0 aliphatic carbocycles. The van der Waals surface area contributed by atoms with Crippen molar-refractivity contribution < 1.29 is 13.2 Å². The van der Waals surface area contributed by atoms with E-state index in [1.54, 1.807) is 24.3 Å². The molecule has 0 atom stereocenters. The van der Waals surface area contributed by atoms with E-state index in [0.717, 1.165) is 5.56 Å². The summed E-state index contributed by atoms with van der Waals surface area (Å²) >= 11 is 0. The highest BCUT2D eigenvalue weighted by Crippen LogP contribution is 2.09. The number of nitrogens with zero attached hydrogens (tertiary/aromatic N) is 5. The third-order valence-corrected chi connectivity index (χ3v) is 4.42. The number of rotatable bonds is 6. The lowest BCUT2D eigenvalue weighted by Gasteiger charge is -2.06. The maximum Gasteiger partial charge on any atom is 0.271 e. The van der Waals surface area contributed by atoms with Crippen molar-refractivity contribution in [1.29, 1.82) is 0 Å². The molecule has 1 aromatic carbocycles. The topological polar surface area (TPSA) is 146 Å².